The van der Waals surface area contributed by atoms with Crippen LogP contribution in [0.15, 0.2) is 12.1 Å². The zero-order valence-corrected chi connectivity index (χ0v) is 11.3. The lowest BCUT2D eigenvalue weighted by atomic mass is 9.97. The Balaban J connectivity index is 2.63. The number of aryl methyl sites for hydroxylation is 1. The van der Waals surface area contributed by atoms with Crippen LogP contribution in [0.2, 0.25) is 0 Å². The van der Waals surface area contributed by atoms with E-state index in [1.54, 1.807) is 0 Å². The topological polar surface area (TPSA) is 40.9 Å². The maximum absolute atomic E-state index is 12.1. The summed E-state index contributed by atoms with van der Waals surface area (Å²) in [6.45, 7) is 4.19. The molecule has 1 atom stereocenters. The van der Waals surface area contributed by atoms with Gasteiger partial charge in [-0.15, -0.1) is 11.3 Å². The van der Waals surface area contributed by atoms with E-state index < -0.39 is 5.92 Å². The Hall–Kier alpha value is -1.14. The minimum Gasteiger partial charge on any atom is -0.292 e. The molecule has 0 spiro atoms. The third-order valence-corrected chi connectivity index (χ3v) is 4.07. The molecule has 1 aromatic heterocycles. The standard InChI is InChI=1S/C14H19NOS/c1-3-5-6-7-11(10-15)14(16)13-9-8-12(4-2)17-13/h8-9,11H,3-7H2,1-2H3. The monoisotopic (exact) mass is 249 g/mol. The lowest BCUT2D eigenvalue weighted by Gasteiger charge is -2.05. The molecule has 1 aromatic rings. The molecule has 92 valence electrons. The van der Waals surface area contributed by atoms with Gasteiger partial charge in [0.25, 0.3) is 0 Å². The molecule has 1 rings (SSSR count). The molecule has 0 saturated carbocycles. The normalized spacial score (nSPS) is 12.1. The first-order valence-corrected chi connectivity index (χ1v) is 7.07. The molecule has 3 heteroatoms. The molecule has 0 fully saturated rings. The Labute approximate surface area is 107 Å². The van der Waals surface area contributed by atoms with E-state index in [4.69, 9.17) is 5.26 Å². The van der Waals surface area contributed by atoms with E-state index in [-0.39, 0.29) is 5.78 Å². The molecule has 17 heavy (non-hydrogen) atoms. The van der Waals surface area contributed by atoms with Crippen molar-refractivity contribution in [1.29, 1.82) is 5.26 Å². The summed E-state index contributed by atoms with van der Waals surface area (Å²) in [4.78, 5) is 14.0. The Bertz CT molecular complexity index is 403. The fraction of sp³-hybridized carbons (Fsp3) is 0.571. The van der Waals surface area contributed by atoms with E-state index in [0.29, 0.717) is 6.42 Å². The number of hydrogen-bond donors (Lipinski definition) is 0. The van der Waals surface area contributed by atoms with Gasteiger partial charge in [0.15, 0.2) is 5.78 Å². The molecule has 0 N–H and O–H groups in total. The molecule has 0 aromatic carbocycles. The summed E-state index contributed by atoms with van der Waals surface area (Å²) >= 11 is 1.52. The second-order valence-electron chi connectivity index (χ2n) is 4.16. The van der Waals surface area contributed by atoms with Crippen molar-refractivity contribution >= 4 is 17.1 Å². The molecular weight excluding hydrogens is 230 g/mol. The summed E-state index contributed by atoms with van der Waals surface area (Å²) in [7, 11) is 0. The van der Waals surface area contributed by atoms with E-state index in [9.17, 15) is 4.79 Å². The number of carbonyl (C=O) groups excluding carboxylic acids is 1. The van der Waals surface area contributed by atoms with E-state index >= 15 is 0 Å². The van der Waals surface area contributed by atoms with Crippen molar-refractivity contribution in [2.45, 2.75) is 46.0 Å². The van der Waals surface area contributed by atoms with Crippen molar-refractivity contribution in [2.24, 2.45) is 5.92 Å². The quantitative estimate of drug-likeness (QED) is 0.536. The fourth-order valence-corrected chi connectivity index (χ4v) is 2.67. The van der Waals surface area contributed by atoms with Gasteiger partial charge < -0.3 is 0 Å². The smallest absolute Gasteiger partial charge is 0.189 e. The van der Waals surface area contributed by atoms with E-state index in [1.165, 1.54) is 16.2 Å². The SMILES string of the molecule is CCCCCC(C#N)C(=O)c1ccc(CC)s1. The van der Waals surface area contributed by atoms with Crippen molar-refractivity contribution < 1.29 is 4.79 Å². The van der Waals surface area contributed by atoms with Crippen molar-refractivity contribution in [3.8, 4) is 6.07 Å². The minimum atomic E-state index is -0.454. The number of nitrogens with zero attached hydrogens (tertiary/aromatic N) is 1. The molecule has 0 aliphatic heterocycles. The number of rotatable bonds is 7. The van der Waals surface area contributed by atoms with Crippen molar-refractivity contribution in [3.05, 3.63) is 21.9 Å². The highest BCUT2D eigenvalue weighted by molar-refractivity contribution is 7.14. The summed E-state index contributed by atoms with van der Waals surface area (Å²) in [6.07, 6.45) is 4.82. The number of nitriles is 1. The van der Waals surface area contributed by atoms with Crippen LogP contribution in [0, 0.1) is 17.2 Å². The Kier molecular flexibility index (Phi) is 5.93. The first-order valence-electron chi connectivity index (χ1n) is 6.25. The fourth-order valence-electron chi connectivity index (χ4n) is 1.72. The summed E-state index contributed by atoms with van der Waals surface area (Å²) < 4.78 is 0. The van der Waals surface area contributed by atoms with Gasteiger partial charge in [-0.1, -0.05) is 33.1 Å². The van der Waals surface area contributed by atoms with Gasteiger partial charge in [-0.2, -0.15) is 5.26 Å². The summed E-state index contributed by atoms with van der Waals surface area (Å²) in [5.41, 5.74) is 0. The first kappa shape index (κ1) is 13.9. The maximum Gasteiger partial charge on any atom is 0.189 e. The molecule has 0 saturated heterocycles. The molecule has 0 bridgehead atoms. The molecule has 0 aliphatic rings. The number of thiophene rings is 1. The zero-order chi connectivity index (χ0) is 12.7. The highest BCUT2D eigenvalue weighted by Gasteiger charge is 2.20. The lowest BCUT2D eigenvalue weighted by molar-refractivity contribution is 0.0946. The summed E-state index contributed by atoms with van der Waals surface area (Å²) in [5, 5.41) is 9.05. The largest absolute Gasteiger partial charge is 0.292 e. The van der Waals surface area contributed by atoms with Crippen molar-refractivity contribution in [2.75, 3.05) is 0 Å². The van der Waals surface area contributed by atoms with Crippen LogP contribution in [-0.4, -0.2) is 5.78 Å². The van der Waals surface area contributed by atoms with Crippen LogP contribution >= 0.6 is 11.3 Å². The minimum absolute atomic E-state index is 0.00769. The van der Waals surface area contributed by atoms with Crippen LogP contribution in [0.4, 0.5) is 0 Å². The molecule has 1 heterocycles. The average molecular weight is 249 g/mol. The van der Waals surface area contributed by atoms with Crippen molar-refractivity contribution in [1.82, 2.24) is 0 Å². The van der Waals surface area contributed by atoms with Gasteiger partial charge in [0, 0.05) is 4.88 Å². The van der Waals surface area contributed by atoms with E-state index in [1.807, 2.05) is 12.1 Å². The second kappa shape index (κ2) is 7.24. The highest BCUT2D eigenvalue weighted by atomic mass is 32.1. The van der Waals surface area contributed by atoms with Gasteiger partial charge in [0.2, 0.25) is 0 Å². The predicted octanol–water partition coefficient (Wildman–Crippen LogP) is 4.21. The Morgan fingerprint density at radius 3 is 2.71 bits per heavy atom. The van der Waals surface area contributed by atoms with Gasteiger partial charge in [-0.25, -0.2) is 0 Å². The summed E-state index contributed by atoms with van der Waals surface area (Å²) in [6, 6.07) is 5.99. The van der Waals surface area contributed by atoms with E-state index in [0.717, 1.165) is 30.6 Å². The first-order chi connectivity index (χ1) is 8.22. The average Bonchev–Trinajstić information content (AvgIpc) is 2.82. The Morgan fingerprint density at radius 2 is 2.18 bits per heavy atom. The second-order valence-corrected chi connectivity index (χ2v) is 5.33. The third kappa shape index (κ3) is 3.98. The number of hydrogen-bond acceptors (Lipinski definition) is 3. The van der Waals surface area contributed by atoms with Gasteiger partial charge in [0.05, 0.1) is 10.9 Å². The molecule has 0 amide bonds. The van der Waals surface area contributed by atoms with Crippen LogP contribution < -0.4 is 0 Å². The van der Waals surface area contributed by atoms with E-state index in [2.05, 4.69) is 19.9 Å². The predicted molar refractivity (Wildman–Crippen MR) is 71.3 cm³/mol. The van der Waals surface area contributed by atoms with Gasteiger partial charge in [-0.3, -0.25) is 4.79 Å². The van der Waals surface area contributed by atoms with Gasteiger partial charge in [0.1, 0.15) is 5.92 Å². The molecule has 0 radical (unpaired) electrons. The molecular formula is C14H19NOS. The number of carbonyl (C=O) groups is 1. The maximum atomic E-state index is 12.1. The molecule has 2 nitrogen and oxygen atoms in total. The molecule has 1 unspecified atom stereocenters. The molecule has 0 aliphatic carbocycles. The lowest BCUT2D eigenvalue weighted by Crippen LogP contribution is -2.11. The number of ketones is 1. The van der Waals surface area contributed by atoms with Crippen LogP contribution in [0.5, 0.6) is 0 Å². The van der Waals surface area contributed by atoms with Crippen LogP contribution in [0.25, 0.3) is 0 Å². The summed E-state index contributed by atoms with van der Waals surface area (Å²) in [5.74, 6) is -0.446. The zero-order valence-electron chi connectivity index (χ0n) is 10.5. The van der Waals surface area contributed by atoms with Crippen molar-refractivity contribution in [3.63, 3.8) is 0 Å². The number of Topliss-reactive ketones (excluding diaryl/α,β-unsaturated/α-hetero) is 1. The highest BCUT2D eigenvalue weighted by Crippen LogP contribution is 2.22. The number of unbranched alkanes of at least 4 members (excludes halogenated alkanes) is 2. The van der Waals surface area contributed by atoms with Crippen LogP contribution in [0.1, 0.15) is 54.1 Å². The van der Waals surface area contributed by atoms with Crippen LogP contribution in [0.3, 0.4) is 0 Å². The van der Waals surface area contributed by atoms with Crippen LogP contribution in [-0.2, 0) is 6.42 Å². The third-order valence-electron chi connectivity index (χ3n) is 2.82. The Morgan fingerprint density at radius 1 is 1.41 bits per heavy atom. The van der Waals surface area contributed by atoms with Gasteiger partial charge >= 0.3 is 0 Å². The van der Waals surface area contributed by atoms with Gasteiger partial charge in [-0.05, 0) is 25.0 Å².